The van der Waals surface area contributed by atoms with E-state index < -0.39 is 0 Å². The molecule has 7 nitrogen and oxygen atoms in total. The van der Waals surface area contributed by atoms with Crippen LogP contribution in [0.3, 0.4) is 0 Å². The Balaban J connectivity index is 1.98. The Morgan fingerprint density at radius 1 is 1.23 bits per heavy atom. The molecule has 0 saturated carbocycles. The third kappa shape index (κ3) is 4.44. The summed E-state index contributed by atoms with van der Waals surface area (Å²) in [5.41, 5.74) is 1.89. The van der Waals surface area contributed by atoms with Gasteiger partial charge in [0.2, 0.25) is 0 Å². The molecule has 2 rings (SSSR count). The average molecular weight is 339 g/mol. The summed E-state index contributed by atoms with van der Waals surface area (Å²) in [5.74, 6) is 1.36. The molecule has 118 valence electrons. The molecule has 0 atom stereocenters. The van der Waals surface area contributed by atoms with Gasteiger partial charge in [0.25, 0.3) is 0 Å². The maximum absolute atomic E-state index is 11.2. The molecule has 0 aliphatic heterocycles. The van der Waals surface area contributed by atoms with Gasteiger partial charge in [0.1, 0.15) is 5.82 Å². The Kier molecular flexibility index (Phi) is 5.78. The van der Waals surface area contributed by atoms with Crippen LogP contribution in [0.1, 0.15) is 17.2 Å². The molecule has 0 fully saturated rings. The van der Waals surface area contributed by atoms with Crippen LogP contribution in [0.4, 0.5) is 0 Å². The zero-order valence-electron chi connectivity index (χ0n) is 12.9. The van der Waals surface area contributed by atoms with Gasteiger partial charge in [-0.15, -0.1) is 10.2 Å². The van der Waals surface area contributed by atoms with Gasteiger partial charge in [0, 0.05) is 18.4 Å². The molecule has 2 aromatic rings. The fraction of sp³-hybridized carbons (Fsp3) is 0.462. The summed E-state index contributed by atoms with van der Waals surface area (Å²) in [7, 11) is 3.24. The van der Waals surface area contributed by atoms with Crippen molar-refractivity contribution in [2.75, 3.05) is 12.9 Å². The van der Waals surface area contributed by atoms with Gasteiger partial charge in [-0.05, 0) is 19.9 Å². The third-order valence-corrected chi connectivity index (χ3v) is 4.60. The van der Waals surface area contributed by atoms with Crippen molar-refractivity contribution in [1.29, 1.82) is 0 Å². The zero-order chi connectivity index (χ0) is 16.1. The van der Waals surface area contributed by atoms with Crippen molar-refractivity contribution >= 4 is 29.5 Å². The molecule has 0 radical (unpaired) electrons. The standard InChI is InChI=1S/C13H17N5O2S2/c1-8-5-9(2)15-12(14-8)21-6-10-16-17-13(18(10)3)22-7-11(19)20-4/h5H,6-7H2,1-4H3. The van der Waals surface area contributed by atoms with Crippen LogP contribution in [0.25, 0.3) is 0 Å². The highest BCUT2D eigenvalue weighted by molar-refractivity contribution is 7.99. The number of esters is 1. The first kappa shape index (κ1) is 16.8. The Morgan fingerprint density at radius 3 is 2.55 bits per heavy atom. The third-order valence-electron chi connectivity index (χ3n) is 2.76. The van der Waals surface area contributed by atoms with E-state index in [0.717, 1.165) is 22.4 Å². The maximum Gasteiger partial charge on any atom is 0.316 e. The molecule has 0 aliphatic carbocycles. The number of hydrogen-bond donors (Lipinski definition) is 0. The van der Waals surface area contributed by atoms with Gasteiger partial charge in [-0.25, -0.2) is 9.97 Å². The van der Waals surface area contributed by atoms with Crippen LogP contribution in [-0.4, -0.2) is 43.6 Å². The van der Waals surface area contributed by atoms with Gasteiger partial charge in [-0.3, -0.25) is 4.79 Å². The minimum absolute atomic E-state index is 0.218. The largest absolute Gasteiger partial charge is 0.468 e. The number of carbonyl (C=O) groups is 1. The lowest BCUT2D eigenvalue weighted by atomic mass is 10.4. The van der Waals surface area contributed by atoms with Crippen molar-refractivity contribution < 1.29 is 9.53 Å². The van der Waals surface area contributed by atoms with Crippen molar-refractivity contribution in [3.8, 4) is 0 Å². The van der Waals surface area contributed by atoms with Crippen LogP contribution in [0.15, 0.2) is 16.4 Å². The topological polar surface area (TPSA) is 82.8 Å². The quantitative estimate of drug-likeness (QED) is 0.447. The van der Waals surface area contributed by atoms with Crippen molar-refractivity contribution in [3.05, 3.63) is 23.3 Å². The summed E-state index contributed by atoms with van der Waals surface area (Å²) in [4.78, 5) is 19.9. The highest BCUT2D eigenvalue weighted by Crippen LogP contribution is 2.22. The number of thioether (sulfide) groups is 2. The van der Waals surface area contributed by atoms with E-state index in [4.69, 9.17) is 0 Å². The highest BCUT2D eigenvalue weighted by Gasteiger charge is 2.12. The molecule has 0 unspecified atom stereocenters. The van der Waals surface area contributed by atoms with Crippen LogP contribution >= 0.6 is 23.5 Å². The lowest BCUT2D eigenvalue weighted by molar-refractivity contribution is -0.137. The van der Waals surface area contributed by atoms with E-state index in [9.17, 15) is 4.79 Å². The monoisotopic (exact) mass is 339 g/mol. The SMILES string of the molecule is COC(=O)CSc1nnc(CSc2nc(C)cc(C)n2)n1C. The van der Waals surface area contributed by atoms with Gasteiger partial charge in [0.15, 0.2) is 10.3 Å². The molecule has 0 amide bonds. The van der Waals surface area contributed by atoms with Crippen LogP contribution in [0.5, 0.6) is 0 Å². The lowest BCUT2D eigenvalue weighted by Gasteiger charge is -2.04. The Morgan fingerprint density at radius 2 is 1.91 bits per heavy atom. The Bertz CT molecular complexity index is 654. The first-order valence-corrected chi connectivity index (χ1v) is 8.49. The van der Waals surface area contributed by atoms with Crippen molar-refractivity contribution in [1.82, 2.24) is 24.7 Å². The summed E-state index contributed by atoms with van der Waals surface area (Å²) in [6.07, 6.45) is 0. The molecule has 0 saturated heterocycles. The van der Waals surface area contributed by atoms with Crippen LogP contribution < -0.4 is 0 Å². The van der Waals surface area contributed by atoms with E-state index in [0.29, 0.717) is 10.9 Å². The minimum atomic E-state index is -0.285. The van der Waals surface area contributed by atoms with E-state index in [1.807, 2.05) is 31.5 Å². The number of methoxy groups -OCH3 is 1. The van der Waals surface area contributed by atoms with Gasteiger partial charge >= 0.3 is 5.97 Å². The van der Waals surface area contributed by atoms with Gasteiger partial charge in [-0.1, -0.05) is 23.5 Å². The Labute approximate surface area is 137 Å². The fourth-order valence-electron chi connectivity index (χ4n) is 1.67. The van der Waals surface area contributed by atoms with Gasteiger partial charge in [0.05, 0.1) is 18.6 Å². The van der Waals surface area contributed by atoms with Gasteiger partial charge < -0.3 is 9.30 Å². The first-order chi connectivity index (χ1) is 10.5. The molecule has 2 heterocycles. The first-order valence-electron chi connectivity index (χ1n) is 6.52. The number of carbonyl (C=O) groups excluding carboxylic acids is 1. The molecule has 0 aromatic carbocycles. The average Bonchev–Trinajstić information content (AvgIpc) is 2.82. The van der Waals surface area contributed by atoms with E-state index in [-0.39, 0.29) is 11.7 Å². The molecular weight excluding hydrogens is 322 g/mol. The summed E-state index contributed by atoms with van der Waals surface area (Å²) in [6, 6.07) is 1.94. The van der Waals surface area contributed by atoms with Crippen LogP contribution in [0.2, 0.25) is 0 Å². The second-order valence-corrected chi connectivity index (χ2v) is 6.43. The minimum Gasteiger partial charge on any atom is -0.468 e. The number of aromatic nitrogens is 5. The predicted octanol–water partition coefficient (Wildman–Crippen LogP) is 1.78. The number of rotatable bonds is 6. The molecule has 0 aliphatic rings. The molecule has 2 aromatic heterocycles. The number of hydrogen-bond acceptors (Lipinski definition) is 8. The van der Waals surface area contributed by atoms with Crippen molar-refractivity contribution in [3.63, 3.8) is 0 Å². The molecule has 0 spiro atoms. The van der Waals surface area contributed by atoms with E-state index in [1.54, 1.807) is 0 Å². The van der Waals surface area contributed by atoms with Crippen LogP contribution in [0, 0.1) is 13.8 Å². The lowest BCUT2D eigenvalue weighted by Crippen LogP contribution is -2.05. The number of nitrogens with zero attached hydrogens (tertiary/aromatic N) is 5. The Hall–Kier alpha value is -1.61. The van der Waals surface area contributed by atoms with E-state index in [1.165, 1.54) is 30.6 Å². The number of aryl methyl sites for hydroxylation is 2. The van der Waals surface area contributed by atoms with E-state index in [2.05, 4.69) is 24.9 Å². The maximum atomic E-state index is 11.2. The smallest absolute Gasteiger partial charge is 0.316 e. The molecule has 9 heteroatoms. The normalized spacial score (nSPS) is 10.7. The molecule has 0 bridgehead atoms. The summed E-state index contributed by atoms with van der Waals surface area (Å²) in [5, 5.41) is 9.64. The zero-order valence-corrected chi connectivity index (χ0v) is 14.5. The fourth-order valence-corrected chi connectivity index (χ4v) is 3.36. The van der Waals surface area contributed by atoms with Crippen molar-refractivity contribution in [2.45, 2.75) is 29.9 Å². The van der Waals surface area contributed by atoms with Gasteiger partial charge in [-0.2, -0.15) is 0 Å². The molecule has 22 heavy (non-hydrogen) atoms. The molecule has 0 N–H and O–H groups in total. The van der Waals surface area contributed by atoms with Crippen LogP contribution in [-0.2, 0) is 22.3 Å². The second kappa shape index (κ2) is 7.59. The molecular formula is C13H17N5O2S2. The number of ether oxygens (including phenoxy) is 1. The highest BCUT2D eigenvalue weighted by atomic mass is 32.2. The summed E-state index contributed by atoms with van der Waals surface area (Å²) >= 11 is 2.81. The summed E-state index contributed by atoms with van der Waals surface area (Å²) < 4.78 is 6.47. The second-order valence-electron chi connectivity index (χ2n) is 4.54. The van der Waals surface area contributed by atoms with E-state index >= 15 is 0 Å². The summed E-state index contributed by atoms with van der Waals surface area (Å²) in [6.45, 7) is 3.89. The predicted molar refractivity (Wildman–Crippen MR) is 84.8 cm³/mol. The van der Waals surface area contributed by atoms with Crippen molar-refractivity contribution in [2.24, 2.45) is 7.05 Å².